The molecule has 2 heteroatoms. The molecule has 1 aliphatic rings. The number of phenolic OH excluding ortho intramolecular Hbond substituents is 1. The van der Waals surface area contributed by atoms with Gasteiger partial charge in [-0.1, -0.05) is 35.3 Å². The fraction of sp³-hybridized carbons (Fsp3) is 0.160. The number of hydrogen-bond acceptors (Lipinski definition) is 2. The molecule has 1 atom stereocenters. The molecule has 27 heavy (non-hydrogen) atoms. The molecule has 0 amide bonds. The van der Waals surface area contributed by atoms with E-state index in [4.69, 9.17) is 5.26 Å². The highest BCUT2D eigenvalue weighted by Crippen LogP contribution is 2.23. The smallest absolute Gasteiger partial charge is 0.115 e. The van der Waals surface area contributed by atoms with Gasteiger partial charge in [-0.25, -0.2) is 0 Å². The molecule has 3 rings (SSSR count). The monoisotopic (exact) mass is 349 g/mol. The van der Waals surface area contributed by atoms with Gasteiger partial charge >= 0.3 is 0 Å². The average Bonchev–Trinajstić information content (AvgIpc) is 2.67. The molecule has 0 spiro atoms. The molecule has 0 radical (unpaired) electrons. The van der Waals surface area contributed by atoms with E-state index in [9.17, 15) is 5.11 Å². The molecule has 0 fully saturated rings. The van der Waals surface area contributed by atoms with Gasteiger partial charge in [-0.3, -0.25) is 0 Å². The molecule has 1 unspecified atom stereocenters. The quantitative estimate of drug-likeness (QED) is 0.690. The molecule has 0 aromatic heterocycles. The Hall–Kier alpha value is -3.67. The Balaban J connectivity index is 1.71. The molecule has 1 N–H and O–H groups in total. The lowest BCUT2D eigenvalue weighted by atomic mass is 9.89. The van der Waals surface area contributed by atoms with E-state index < -0.39 is 0 Å². The minimum absolute atomic E-state index is 0.181. The maximum absolute atomic E-state index is 9.32. The van der Waals surface area contributed by atoms with Crippen LogP contribution in [0.5, 0.6) is 5.75 Å². The second-order valence-electron chi connectivity index (χ2n) is 6.54. The second-order valence-corrected chi connectivity index (χ2v) is 6.54. The highest BCUT2D eigenvalue weighted by Gasteiger charge is 2.11. The van der Waals surface area contributed by atoms with Crippen molar-refractivity contribution < 1.29 is 5.11 Å². The normalized spacial score (nSPS) is 15.2. The van der Waals surface area contributed by atoms with Gasteiger partial charge in [0.25, 0.3) is 0 Å². The van der Waals surface area contributed by atoms with Crippen molar-refractivity contribution in [2.75, 3.05) is 0 Å². The van der Waals surface area contributed by atoms with Crippen molar-refractivity contribution >= 4 is 0 Å². The number of phenols is 1. The van der Waals surface area contributed by atoms with Gasteiger partial charge < -0.3 is 5.11 Å². The van der Waals surface area contributed by atoms with Gasteiger partial charge in [-0.05, 0) is 74.4 Å². The Morgan fingerprint density at radius 1 is 0.963 bits per heavy atom. The number of aryl methyl sites for hydroxylation is 1. The highest BCUT2D eigenvalue weighted by molar-refractivity contribution is 5.50. The molecule has 2 aromatic rings. The van der Waals surface area contributed by atoms with Gasteiger partial charge in [-0.2, -0.15) is 5.26 Å². The standard InChI is InChI=1S/C25H19NO/c1-18-15-21(4-3-20-8-13-25(27)14-9-20)5-10-23(18)11-6-22-7-12-24(17-26)19(2)16-22/h5,7-9,12-16,23,27H,10H2,1-2H3. The van der Waals surface area contributed by atoms with Crippen molar-refractivity contribution in [3.05, 3.63) is 88.0 Å². The molecule has 1 aliphatic carbocycles. The lowest BCUT2D eigenvalue weighted by molar-refractivity contribution is 0.475. The summed E-state index contributed by atoms with van der Waals surface area (Å²) in [6, 6.07) is 14.7. The maximum Gasteiger partial charge on any atom is 0.115 e. The molecular formula is C25H19NO. The van der Waals surface area contributed by atoms with Crippen molar-refractivity contribution in [1.29, 1.82) is 5.26 Å². The molecular weight excluding hydrogens is 330 g/mol. The topological polar surface area (TPSA) is 44.0 Å². The van der Waals surface area contributed by atoms with E-state index in [1.807, 2.05) is 25.1 Å². The molecule has 0 saturated heterocycles. The first kappa shape index (κ1) is 18.1. The van der Waals surface area contributed by atoms with Crippen LogP contribution >= 0.6 is 0 Å². The summed E-state index contributed by atoms with van der Waals surface area (Å²) >= 11 is 0. The molecule has 130 valence electrons. The molecule has 0 bridgehead atoms. The Bertz CT molecular complexity index is 1090. The zero-order chi connectivity index (χ0) is 19.2. The van der Waals surface area contributed by atoms with Crippen molar-refractivity contribution in [1.82, 2.24) is 0 Å². The fourth-order valence-corrected chi connectivity index (χ4v) is 2.82. The Morgan fingerprint density at radius 2 is 1.70 bits per heavy atom. The molecule has 2 aromatic carbocycles. The third kappa shape index (κ3) is 4.70. The van der Waals surface area contributed by atoms with Gasteiger partial charge in [0.15, 0.2) is 0 Å². The molecule has 0 aliphatic heterocycles. The van der Waals surface area contributed by atoms with Crippen molar-refractivity contribution in [3.63, 3.8) is 0 Å². The van der Waals surface area contributed by atoms with Crippen LogP contribution in [0.2, 0.25) is 0 Å². The summed E-state index contributed by atoms with van der Waals surface area (Å²) in [6.07, 6.45) is 5.04. The largest absolute Gasteiger partial charge is 0.508 e. The number of allylic oxidation sites excluding steroid dienone is 4. The number of benzene rings is 2. The first-order valence-electron chi connectivity index (χ1n) is 8.77. The first-order valence-corrected chi connectivity index (χ1v) is 8.77. The predicted molar refractivity (Wildman–Crippen MR) is 108 cm³/mol. The van der Waals surface area contributed by atoms with Crippen LogP contribution in [0.4, 0.5) is 0 Å². The summed E-state index contributed by atoms with van der Waals surface area (Å²) in [7, 11) is 0. The van der Waals surface area contributed by atoms with E-state index >= 15 is 0 Å². The van der Waals surface area contributed by atoms with Gasteiger partial charge in [-0.15, -0.1) is 0 Å². The van der Waals surface area contributed by atoms with E-state index in [0.717, 1.165) is 28.7 Å². The summed E-state index contributed by atoms with van der Waals surface area (Å²) in [5.74, 6) is 13.3. The zero-order valence-corrected chi connectivity index (χ0v) is 15.4. The van der Waals surface area contributed by atoms with Crippen LogP contribution in [0.1, 0.15) is 35.6 Å². The van der Waals surface area contributed by atoms with Crippen LogP contribution in [0.25, 0.3) is 0 Å². The fourth-order valence-electron chi connectivity index (χ4n) is 2.82. The Morgan fingerprint density at radius 3 is 2.37 bits per heavy atom. The van der Waals surface area contributed by atoms with Gasteiger partial charge in [0, 0.05) is 22.6 Å². The first-order chi connectivity index (χ1) is 13.0. The third-order valence-corrected chi connectivity index (χ3v) is 4.46. The SMILES string of the molecule is CC1=CC(C#Cc2ccc(O)cc2)=CCC1C#Cc1ccc(C#N)c(C)c1. The Kier molecular flexibility index (Phi) is 5.47. The number of aromatic hydroxyl groups is 1. The van der Waals surface area contributed by atoms with Crippen LogP contribution in [0.15, 0.2) is 65.8 Å². The maximum atomic E-state index is 9.32. The molecule has 2 nitrogen and oxygen atoms in total. The van der Waals surface area contributed by atoms with E-state index in [2.05, 4.69) is 48.8 Å². The van der Waals surface area contributed by atoms with Gasteiger partial charge in [0.05, 0.1) is 11.6 Å². The summed E-state index contributed by atoms with van der Waals surface area (Å²) in [4.78, 5) is 0. The molecule has 0 heterocycles. The van der Waals surface area contributed by atoms with Crippen LogP contribution < -0.4 is 0 Å². The third-order valence-electron chi connectivity index (χ3n) is 4.46. The summed E-state index contributed by atoms with van der Waals surface area (Å²) < 4.78 is 0. The Labute approximate surface area is 160 Å². The lowest BCUT2D eigenvalue weighted by Crippen LogP contribution is -2.03. The van der Waals surface area contributed by atoms with E-state index in [1.54, 1.807) is 24.3 Å². The summed E-state index contributed by atoms with van der Waals surface area (Å²) in [5.41, 5.74) is 5.64. The summed E-state index contributed by atoms with van der Waals surface area (Å²) in [5, 5.41) is 18.3. The number of nitrogens with zero attached hydrogens (tertiary/aromatic N) is 1. The van der Waals surface area contributed by atoms with Crippen LogP contribution in [-0.2, 0) is 0 Å². The summed E-state index contributed by atoms with van der Waals surface area (Å²) in [6.45, 7) is 4.01. The van der Waals surface area contributed by atoms with E-state index in [-0.39, 0.29) is 11.7 Å². The zero-order valence-electron chi connectivity index (χ0n) is 15.4. The number of nitriles is 1. The molecule has 0 saturated carbocycles. The van der Waals surface area contributed by atoms with Crippen molar-refractivity contribution in [2.24, 2.45) is 5.92 Å². The van der Waals surface area contributed by atoms with Crippen LogP contribution in [0, 0.1) is 47.9 Å². The lowest BCUT2D eigenvalue weighted by Gasteiger charge is -2.14. The van der Waals surface area contributed by atoms with Gasteiger partial charge in [0.1, 0.15) is 5.75 Å². The van der Waals surface area contributed by atoms with Crippen LogP contribution in [0.3, 0.4) is 0 Å². The number of hydrogen-bond donors (Lipinski definition) is 1. The minimum Gasteiger partial charge on any atom is -0.508 e. The minimum atomic E-state index is 0.181. The predicted octanol–water partition coefficient (Wildman–Crippen LogP) is 4.87. The second kappa shape index (κ2) is 8.14. The highest BCUT2D eigenvalue weighted by atomic mass is 16.3. The van der Waals surface area contributed by atoms with Crippen molar-refractivity contribution in [3.8, 4) is 35.5 Å². The van der Waals surface area contributed by atoms with Crippen LogP contribution in [-0.4, -0.2) is 5.11 Å². The van der Waals surface area contributed by atoms with Gasteiger partial charge in [0.2, 0.25) is 0 Å². The number of rotatable bonds is 0. The van der Waals surface area contributed by atoms with E-state index in [0.29, 0.717) is 5.56 Å². The van der Waals surface area contributed by atoms with E-state index in [1.165, 1.54) is 5.57 Å². The average molecular weight is 349 g/mol. The van der Waals surface area contributed by atoms with Crippen molar-refractivity contribution in [2.45, 2.75) is 20.3 Å².